The molecule has 1 unspecified atom stereocenters. The van der Waals surface area contributed by atoms with Crippen molar-refractivity contribution in [1.29, 1.82) is 5.26 Å². The summed E-state index contributed by atoms with van der Waals surface area (Å²) in [5.74, 6) is -0.182. The van der Waals surface area contributed by atoms with Gasteiger partial charge in [0.2, 0.25) is 0 Å². The van der Waals surface area contributed by atoms with Crippen LogP contribution >= 0.6 is 11.3 Å². The second kappa shape index (κ2) is 7.21. The maximum Gasteiger partial charge on any atom is 0.435 e. The van der Waals surface area contributed by atoms with Gasteiger partial charge in [0.25, 0.3) is 0 Å². The van der Waals surface area contributed by atoms with Gasteiger partial charge in [0.15, 0.2) is 5.69 Å². The molecule has 4 rings (SSSR count). The summed E-state index contributed by atoms with van der Waals surface area (Å²) < 4.78 is 42.4. The van der Waals surface area contributed by atoms with Crippen LogP contribution in [-0.2, 0) is 19.3 Å². The standard InChI is InChI=1S/C20H18F3N5S/c1-2-28-10-17(19(27-28)20(21,22)23)14-5-11(25)3-4-13(14)16-8-26-9-18-15(16)6-12(7-24)29-18/h3-6,10,16,26H,2,8-9,25H2,1H3. The van der Waals surface area contributed by atoms with Crippen molar-refractivity contribution in [2.75, 3.05) is 12.3 Å². The molecule has 5 nitrogen and oxygen atoms in total. The van der Waals surface area contributed by atoms with Gasteiger partial charge < -0.3 is 11.1 Å². The number of nitrogens with two attached hydrogens (primary N) is 1. The Kier molecular flexibility index (Phi) is 4.84. The van der Waals surface area contributed by atoms with Crippen molar-refractivity contribution in [3.63, 3.8) is 0 Å². The smallest absolute Gasteiger partial charge is 0.399 e. The summed E-state index contributed by atoms with van der Waals surface area (Å²) in [4.78, 5) is 1.62. The number of hydrogen-bond acceptors (Lipinski definition) is 5. The van der Waals surface area contributed by atoms with E-state index < -0.39 is 11.9 Å². The number of aromatic nitrogens is 2. The van der Waals surface area contributed by atoms with Gasteiger partial charge in [0.1, 0.15) is 10.9 Å². The van der Waals surface area contributed by atoms with Gasteiger partial charge in [0.05, 0.1) is 0 Å². The molecule has 29 heavy (non-hydrogen) atoms. The molecular formula is C20H18F3N5S. The molecule has 1 aliphatic heterocycles. The van der Waals surface area contributed by atoms with Crippen molar-refractivity contribution in [2.24, 2.45) is 0 Å². The van der Waals surface area contributed by atoms with Gasteiger partial charge in [0, 0.05) is 47.9 Å². The number of nitrogen functional groups attached to an aromatic ring is 1. The van der Waals surface area contributed by atoms with Crippen LogP contribution < -0.4 is 11.1 Å². The number of thiophene rings is 1. The zero-order valence-corrected chi connectivity index (χ0v) is 16.4. The van der Waals surface area contributed by atoms with Crippen LogP contribution in [0.25, 0.3) is 11.1 Å². The number of aryl methyl sites for hydroxylation is 1. The Morgan fingerprint density at radius 2 is 2.10 bits per heavy atom. The van der Waals surface area contributed by atoms with Gasteiger partial charge in [-0.05, 0) is 41.8 Å². The molecule has 150 valence electrons. The molecule has 3 heterocycles. The summed E-state index contributed by atoms with van der Waals surface area (Å²) >= 11 is 1.41. The number of alkyl halides is 3. The molecule has 0 saturated heterocycles. The topological polar surface area (TPSA) is 79.7 Å². The summed E-state index contributed by atoms with van der Waals surface area (Å²) in [6, 6.07) is 9.05. The van der Waals surface area contributed by atoms with Crippen molar-refractivity contribution in [2.45, 2.75) is 32.1 Å². The van der Waals surface area contributed by atoms with Gasteiger partial charge in [-0.2, -0.15) is 23.5 Å². The van der Waals surface area contributed by atoms with Crippen LogP contribution in [-0.4, -0.2) is 16.3 Å². The lowest BCUT2D eigenvalue weighted by atomic mass is 9.84. The van der Waals surface area contributed by atoms with Crippen molar-refractivity contribution < 1.29 is 13.2 Å². The van der Waals surface area contributed by atoms with Crippen molar-refractivity contribution in [3.05, 3.63) is 57.0 Å². The van der Waals surface area contributed by atoms with Gasteiger partial charge in [-0.1, -0.05) is 6.07 Å². The molecule has 3 aromatic rings. The fourth-order valence-electron chi connectivity index (χ4n) is 3.75. The zero-order chi connectivity index (χ0) is 20.8. The van der Waals surface area contributed by atoms with E-state index in [1.54, 1.807) is 25.1 Å². The summed E-state index contributed by atoms with van der Waals surface area (Å²) in [7, 11) is 0. The van der Waals surface area contributed by atoms with Crippen LogP contribution in [0.4, 0.5) is 18.9 Å². The molecule has 1 aliphatic rings. The molecule has 9 heteroatoms. The first-order valence-corrected chi connectivity index (χ1v) is 9.91. The molecule has 0 saturated carbocycles. The highest BCUT2D eigenvalue weighted by atomic mass is 32.1. The molecule has 0 bridgehead atoms. The van der Waals surface area contributed by atoms with E-state index >= 15 is 0 Å². The van der Waals surface area contributed by atoms with Crippen LogP contribution in [0.3, 0.4) is 0 Å². The summed E-state index contributed by atoms with van der Waals surface area (Å²) in [5, 5.41) is 16.3. The number of hydrogen-bond donors (Lipinski definition) is 2. The molecule has 0 amide bonds. The quantitative estimate of drug-likeness (QED) is 0.622. The second-order valence-corrected chi connectivity index (χ2v) is 8.01. The van der Waals surface area contributed by atoms with E-state index in [0.717, 1.165) is 16.0 Å². The first-order valence-electron chi connectivity index (χ1n) is 9.09. The average Bonchev–Trinajstić information content (AvgIpc) is 3.31. The van der Waals surface area contributed by atoms with E-state index in [2.05, 4.69) is 16.5 Å². The minimum Gasteiger partial charge on any atom is -0.399 e. The number of rotatable bonds is 3. The van der Waals surface area contributed by atoms with Crippen LogP contribution in [0.5, 0.6) is 0 Å². The third kappa shape index (κ3) is 3.50. The van der Waals surface area contributed by atoms with Gasteiger partial charge in [-0.25, -0.2) is 0 Å². The van der Waals surface area contributed by atoms with Crippen molar-refractivity contribution in [3.8, 4) is 17.2 Å². The molecule has 1 aromatic carbocycles. The minimum atomic E-state index is -4.58. The fraction of sp³-hybridized carbons (Fsp3) is 0.300. The number of fused-ring (bicyclic) bond motifs is 1. The Bertz CT molecular complexity index is 1110. The number of nitrogens with zero attached hydrogens (tertiary/aromatic N) is 3. The number of anilines is 1. The maximum atomic E-state index is 13.7. The highest BCUT2D eigenvalue weighted by Crippen LogP contribution is 2.43. The molecule has 0 fully saturated rings. The highest BCUT2D eigenvalue weighted by molar-refractivity contribution is 7.12. The van der Waals surface area contributed by atoms with Crippen molar-refractivity contribution >= 4 is 17.0 Å². The average molecular weight is 417 g/mol. The minimum absolute atomic E-state index is 0.0181. The van der Waals surface area contributed by atoms with Gasteiger partial charge in [-0.15, -0.1) is 11.3 Å². The van der Waals surface area contributed by atoms with Crippen LogP contribution in [0.2, 0.25) is 0 Å². The van der Waals surface area contributed by atoms with E-state index in [1.807, 2.05) is 6.07 Å². The zero-order valence-electron chi connectivity index (χ0n) is 15.5. The number of nitrogens with one attached hydrogen (secondary N) is 1. The van der Waals surface area contributed by atoms with E-state index in [9.17, 15) is 18.4 Å². The molecule has 1 atom stereocenters. The first kappa shape index (κ1) is 19.5. The van der Waals surface area contributed by atoms with Crippen molar-refractivity contribution in [1.82, 2.24) is 15.1 Å². The lowest BCUT2D eigenvalue weighted by molar-refractivity contribution is -0.141. The predicted molar refractivity (Wildman–Crippen MR) is 105 cm³/mol. The summed E-state index contributed by atoms with van der Waals surface area (Å²) in [6.07, 6.45) is -3.16. The predicted octanol–water partition coefficient (Wildman–Crippen LogP) is 4.34. The van der Waals surface area contributed by atoms with Crippen LogP contribution in [0.1, 0.15) is 39.4 Å². The third-order valence-electron chi connectivity index (χ3n) is 5.06. The lowest BCUT2D eigenvalue weighted by Gasteiger charge is -2.26. The van der Waals surface area contributed by atoms with E-state index in [4.69, 9.17) is 5.73 Å². The number of benzene rings is 1. The molecular weight excluding hydrogens is 399 g/mol. The molecule has 0 spiro atoms. The first-order chi connectivity index (χ1) is 13.8. The van der Waals surface area contributed by atoms with Gasteiger partial charge in [-0.3, -0.25) is 4.68 Å². The Labute approximate surface area is 169 Å². The third-order valence-corrected chi connectivity index (χ3v) is 6.11. The molecule has 0 aliphatic carbocycles. The highest BCUT2D eigenvalue weighted by Gasteiger charge is 2.38. The van der Waals surface area contributed by atoms with Crippen LogP contribution in [0, 0.1) is 11.3 Å². The summed E-state index contributed by atoms with van der Waals surface area (Å²) in [6.45, 7) is 3.27. The lowest BCUT2D eigenvalue weighted by Crippen LogP contribution is -2.27. The monoisotopic (exact) mass is 417 g/mol. The Morgan fingerprint density at radius 3 is 2.79 bits per heavy atom. The maximum absolute atomic E-state index is 13.7. The molecule has 0 radical (unpaired) electrons. The number of nitriles is 1. The van der Waals surface area contributed by atoms with Gasteiger partial charge >= 0.3 is 6.18 Å². The van der Waals surface area contributed by atoms with E-state index in [1.165, 1.54) is 22.2 Å². The number of halogens is 3. The van der Waals surface area contributed by atoms with E-state index in [0.29, 0.717) is 35.8 Å². The summed E-state index contributed by atoms with van der Waals surface area (Å²) in [5.41, 5.74) is 7.56. The Morgan fingerprint density at radius 1 is 1.31 bits per heavy atom. The Balaban J connectivity index is 1.92. The van der Waals surface area contributed by atoms with E-state index in [-0.39, 0.29) is 11.5 Å². The van der Waals surface area contributed by atoms with Crippen LogP contribution in [0.15, 0.2) is 30.5 Å². The SMILES string of the molecule is CCn1cc(-c2cc(N)ccc2C2CNCc3sc(C#N)cc32)c(C(F)(F)F)n1. The Hall–Kier alpha value is -2.83. The fourth-order valence-corrected chi connectivity index (χ4v) is 4.74. The molecule has 3 N–H and O–H groups in total. The normalized spacial score (nSPS) is 16.4. The molecule has 2 aromatic heterocycles. The second-order valence-electron chi connectivity index (χ2n) is 6.88. The largest absolute Gasteiger partial charge is 0.435 e.